The number of anilines is 1. The van der Waals surface area contributed by atoms with Gasteiger partial charge in [0.05, 0.1) is 12.3 Å². The van der Waals surface area contributed by atoms with Gasteiger partial charge in [0.1, 0.15) is 13.2 Å². The van der Waals surface area contributed by atoms with Crippen molar-refractivity contribution in [3.05, 3.63) is 83.9 Å². The molecule has 0 N–H and O–H groups in total. The van der Waals surface area contributed by atoms with Gasteiger partial charge in [0.25, 0.3) is 0 Å². The molecule has 0 aliphatic carbocycles. The number of nitrogens with zero attached hydrogens (tertiary/aromatic N) is 1. The molecule has 0 saturated carbocycles. The first-order valence-electron chi connectivity index (χ1n) is 9.62. The van der Waals surface area contributed by atoms with Crippen LogP contribution in [0.2, 0.25) is 0 Å². The lowest BCUT2D eigenvalue weighted by molar-refractivity contribution is -0.116. The molecule has 0 bridgehead atoms. The fraction of sp³-hybridized carbons (Fsp3) is 0.208. The number of carbonyl (C=O) groups is 1. The van der Waals surface area contributed by atoms with E-state index in [9.17, 15) is 4.79 Å². The van der Waals surface area contributed by atoms with Crippen molar-refractivity contribution in [2.24, 2.45) is 0 Å². The summed E-state index contributed by atoms with van der Waals surface area (Å²) in [6.07, 6.45) is 0. The Morgan fingerprint density at radius 3 is 2.41 bits per heavy atom. The van der Waals surface area contributed by atoms with Crippen LogP contribution in [0.5, 0.6) is 11.5 Å². The maximum absolute atomic E-state index is 13.1. The van der Waals surface area contributed by atoms with Gasteiger partial charge in [-0.3, -0.25) is 4.79 Å². The lowest BCUT2D eigenvalue weighted by atomic mass is 10.1. The molecule has 4 nitrogen and oxygen atoms in total. The summed E-state index contributed by atoms with van der Waals surface area (Å²) in [6, 6.07) is 24.0. The topological polar surface area (TPSA) is 38.8 Å². The summed E-state index contributed by atoms with van der Waals surface area (Å²) in [5.41, 5.74) is 3.18. The molecule has 5 heteroatoms. The Balaban J connectivity index is 1.49. The number of benzene rings is 3. The van der Waals surface area contributed by atoms with Crippen LogP contribution in [-0.4, -0.2) is 24.9 Å². The van der Waals surface area contributed by atoms with E-state index >= 15 is 0 Å². The van der Waals surface area contributed by atoms with Gasteiger partial charge < -0.3 is 14.4 Å². The highest BCUT2D eigenvalue weighted by atomic mass is 32.2. The summed E-state index contributed by atoms with van der Waals surface area (Å²) in [5.74, 6) is 1.92. The summed E-state index contributed by atoms with van der Waals surface area (Å²) in [6.45, 7) is 3.72. The third-order valence-electron chi connectivity index (χ3n) is 4.71. The summed E-state index contributed by atoms with van der Waals surface area (Å²) < 4.78 is 11.2. The Kier molecular flexibility index (Phi) is 6.06. The van der Waals surface area contributed by atoms with Crippen LogP contribution in [0.1, 0.15) is 11.1 Å². The lowest BCUT2D eigenvalue weighted by Gasteiger charge is -2.23. The molecule has 0 saturated heterocycles. The van der Waals surface area contributed by atoms with E-state index in [1.54, 1.807) is 0 Å². The molecular weight excluding hydrogens is 382 g/mol. The average molecular weight is 406 g/mol. The zero-order chi connectivity index (χ0) is 20.1. The molecule has 0 fully saturated rings. The molecule has 0 atom stereocenters. The minimum absolute atomic E-state index is 0.0672. The van der Waals surface area contributed by atoms with Crippen molar-refractivity contribution in [2.75, 3.05) is 23.9 Å². The monoisotopic (exact) mass is 405 g/mol. The van der Waals surface area contributed by atoms with Crippen LogP contribution in [0.25, 0.3) is 0 Å². The van der Waals surface area contributed by atoms with Gasteiger partial charge in [0.2, 0.25) is 5.91 Å². The number of fused-ring (bicyclic) bond motifs is 1. The van der Waals surface area contributed by atoms with Crippen LogP contribution in [0, 0.1) is 6.92 Å². The molecule has 148 valence electrons. The summed E-state index contributed by atoms with van der Waals surface area (Å²) in [5, 5.41) is 0. The molecule has 4 rings (SSSR count). The van der Waals surface area contributed by atoms with Crippen molar-refractivity contribution in [2.45, 2.75) is 18.4 Å². The number of carbonyl (C=O) groups excluding carboxylic acids is 1. The van der Waals surface area contributed by atoms with Crippen molar-refractivity contribution in [1.82, 2.24) is 0 Å². The second kappa shape index (κ2) is 9.05. The molecule has 0 spiro atoms. The third-order valence-corrected chi connectivity index (χ3v) is 5.68. The van der Waals surface area contributed by atoms with Crippen LogP contribution in [0.4, 0.5) is 5.69 Å². The van der Waals surface area contributed by atoms with E-state index in [2.05, 4.69) is 0 Å². The van der Waals surface area contributed by atoms with Crippen LogP contribution >= 0.6 is 11.8 Å². The Labute approximate surface area is 175 Å². The van der Waals surface area contributed by atoms with E-state index in [4.69, 9.17) is 9.47 Å². The number of rotatable bonds is 6. The molecule has 3 aromatic carbocycles. The molecule has 0 aromatic heterocycles. The zero-order valence-corrected chi connectivity index (χ0v) is 17.2. The second-order valence-electron chi connectivity index (χ2n) is 6.90. The van der Waals surface area contributed by atoms with E-state index in [1.807, 2.05) is 84.6 Å². The minimum atomic E-state index is 0.0672. The van der Waals surface area contributed by atoms with Gasteiger partial charge in [0.15, 0.2) is 11.5 Å². The Morgan fingerprint density at radius 2 is 1.66 bits per heavy atom. The molecule has 1 aliphatic heterocycles. The molecule has 3 aromatic rings. The summed E-state index contributed by atoms with van der Waals surface area (Å²) in [4.78, 5) is 16.0. The molecule has 0 radical (unpaired) electrons. The number of aryl methyl sites for hydroxylation is 1. The largest absolute Gasteiger partial charge is 0.486 e. The highest BCUT2D eigenvalue weighted by Crippen LogP contribution is 2.34. The lowest BCUT2D eigenvalue weighted by Crippen LogP contribution is -2.31. The van der Waals surface area contributed by atoms with Gasteiger partial charge in [-0.15, -0.1) is 11.8 Å². The maximum atomic E-state index is 13.1. The number of thioether (sulfide) groups is 1. The van der Waals surface area contributed by atoms with E-state index in [0.717, 1.165) is 27.6 Å². The Morgan fingerprint density at radius 1 is 0.931 bits per heavy atom. The first-order chi connectivity index (χ1) is 14.2. The van der Waals surface area contributed by atoms with E-state index in [0.29, 0.717) is 25.5 Å². The predicted octanol–water partition coefficient (Wildman–Crippen LogP) is 5.09. The van der Waals surface area contributed by atoms with Gasteiger partial charge in [-0.1, -0.05) is 48.0 Å². The molecule has 1 amide bonds. The third kappa shape index (κ3) is 4.93. The number of hydrogen-bond acceptors (Lipinski definition) is 4. The van der Waals surface area contributed by atoms with Crippen molar-refractivity contribution in [3.8, 4) is 11.5 Å². The van der Waals surface area contributed by atoms with Crippen molar-refractivity contribution in [1.29, 1.82) is 0 Å². The first kappa shape index (κ1) is 19.4. The Bertz CT molecular complexity index is 973. The minimum Gasteiger partial charge on any atom is -0.486 e. The smallest absolute Gasteiger partial charge is 0.237 e. The first-order valence-corrected chi connectivity index (χ1v) is 10.6. The fourth-order valence-electron chi connectivity index (χ4n) is 3.15. The van der Waals surface area contributed by atoms with Crippen molar-refractivity contribution >= 4 is 23.4 Å². The molecule has 1 aliphatic rings. The Hall–Kier alpha value is -2.92. The van der Waals surface area contributed by atoms with E-state index in [-0.39, 0.29) is 5.91 Å². The van der Waals surface area contributed by atoms with Gasteiger partial charge in [-0.25, -0.2) is 0 Å². The van der Waals surface area contributed by atoms with Gasteiger partial charge in [-0.05, 0) is 42.8 Å². The van der Waals surface area contributed by atoms with Crippen molar-refractivity contribution in [3.63, 3.8) is 0 Å². The number of ether oxygens (including phenoxy) is 2. The van der Waals surface area contributed by atoms with Gasteiger partial charge >= 0.3 is 0 Å². The average Bonchev–Trinajstić information content (AvgIpc) is 2.77. The molecular formula is C24H23NO3S. The summed E-state index contributed by atoms with van der Waals surface area (Å²) in [7, 11) is 0. The van der Waals surface area contributed by atoms with Crippen LogP contribution < -0.4 is 14.4 Å². The van der Waals surface area contributed by atoms with Gasteiger partial charge in [-0.2, -0.15) is 0 Å². The number of hydrogen-bond donors (Lipinski definition) is 0. The van der Waals surface area contributed by atoms with E-state index < -0.39 is 0 Å². The normalized spacial score (nSPS) is 12.4. The molecule has 0 unspecified atom stereocenters. The highest BCUT2D eigenvalue weighted by Gasteiger charge is 2.18. The highest BCUT2D eigenvalue weighted by molar-refractivity contribution is 8.00. The quantitative estimate of drug-likeness (QED) is 0.536. The fourth-order valence-corrected chi connectivity index (χ4v) is 3.95. The zero-order valence-electron chi connectivity index (χ0n) is 16.3. The van der Waals surface area contributed by atoms with E-state index in [1.165, 1.54) is 17.3 Å². The van der Waals surface area contributed by atoms with Crippen LogP contribution in [-0.2, 0) is 11.3 Å². The SMILES string of the molecule is Cc1ccc(N(Cc2ccccc2)C(=O)CSc2ccc3c(c2)OCCO3)cc1. The van der Waals surface area contributed by atoms with Crippen LogP contribution in [0.15, 0.2) is 77.7 Å². The predicted molar refractivity (Wildman–Crippen MR) is 117 cm³/mol. The molecule has 1 heterocycles. The molecule has 29 heavy (non-hydrogen) atoms. The van der Waals surface area contributed by atoms with Gasteiger partial charge in [0, 0.05) is 10.6 Å². The van der Waals surface area contributed by atoms with Crippen molar-refractivity contribution < 1.29 is 14.3 Å². The maximum Gasteiger partial charge on any atom is 0.237 e. The standard InChI is InChI=1S/C24H23NO3S/c1-18-7-9-20(10-8-18)25(16-19-5-3-2-4-6-19)24(26)17-29-21-11-12-22-23(15-21)28-14-13-27-22/h2-12,15H,13-14,16-17H2,1H3. The van der Waals surface area contributed by atoms with Crippen LogP contribution in [0.3, 0.4) is 0 Å². The summed E-state index contributed by atoms with van der Waals surface area (Å²) >= 11 is 1.51. The second-order valence-corrected chi connectivity index (χ2v) is 7.94. The number of amides is 1.